The number of carbonyl (C=O) groups excluding carboxylic acids is 1. The van der Waals surface area contributed by atoms with Crippen LogP contribution in [0.2, 0.25) is 0 Å². The minimum Gasteiger partial charge on any atom is -0.381 e. The van der Waals surface area contributed by atoms with Crippen LogP contribution in [0, 0.1) is 11.8 Å². The van der Waals surface area contributed by atoms with Crippen molar-refractivity contribution in [3.05, 3.63) is 58.3 Å². The number of rotatable bonds is 8. The molecular formula is C25H32N6O2. The summed E-state index contributed by atoms with van der Waals surface area (Å²) in [5, 5.41) is 15.3. The van der Waals surface area contributed by atoms with Gasteiger partial charge in [-0.05, 0) is 51.5 Å². The quantitative estimate of drug-likeness (QED) is 0.465. The van der Waals surface area contributed by atoms with Crippen molar-refractivity contribution in [1.29, 1.82) is 0 Å². The molecule has 0 saturated heterocycles. The zero-order chi connectivity index (χ0) is 23.4. The summed E-state index contributed by atoms with van der Waals surface area (Å²) in [6.07, 6.45) is 7.40. The van der Waals surface area contributed by atoms with Crippen molar-refractivity contribution in [2.45, 2.75) is 77.5 Å². The Hall–Kier alpha value is -3.29. The van der Waals surface area contributed by atoms with Crippen molar-refractivity contribution in [3.8, 4) is 0 Å². The Morgan fingerprint density at radius 1 is 1.15 bits per heavy atom. The molecular weight excluding hydrogens is 416 g/mol. The largest absolute Gasteiger partial charge is 0.381 e. The lowest BCUT2D eigenvalue weighted by Crippen LogP contribution is -2.31. The van der Waals surface area contributed by atoms with Crippen LogP contribution in [0.3, 0.4) is 0 Å². The maximum atomic E-state index is 13.5. The molecule has 2 aromatic heterocycles. The molecule has 8 nitrogen and oxygen atoms in total. The van der Waals surface area contributed by atoms with Crippen molar-refractivity contribution in [2.75, 3.05) is 5.32 Å². The van der Waals surface area contributed by atoms with Crippen LogP contribution in [0.4, 0.5) is 5.69 Å². The van der Waals surface area contributed by atoms with Gasteiger partial charge in [-0.1, -0.05) is 41.9 Å². The van der Waals surface area contributed by atoms with Crippen LogP contribution in [-0.2, 0) is 6.54 Å². The zero-order valence-electron chi connectivity index (χ0n) is 19.5. The summed E-state index contributed by atoms with van der Waals surface area (Å²) in [7, 11) is 0. The summed E-state index contributed by atoms with van der Waals surface area (Å²) in [5.41, 5.74) is 4.30. The van der Waals surface area contributed by atoms with Crippen LogP contribution in [0.25, 0.3) is 11.0 Å². The smallest absolute Gasteiger partial charge is 0.255 e. The van der Waals surface area contributed by atoms with Crippen molar-refractivity contribution in [1.82, 2.24) is 20.1 Å². The molecule has 0 spiro atoms. The highest BCUT2D eigenvalue weighted by molar-refractivity contribution is 6.06. The van der Waals surface area contributed by atoms with E-state index in [2.05, 4.69) is 64.0 Å². The van der Waals surface area contributed by atoms with Crippen LogP contribution in [0.5, 0.6) is 0 Å². The van der Waals surface area contributed by atoms with E-state index in [-0.39, 0.29) is 24.0 Å². The Bertz CT molecular complexity index is 1120. The molecule has 1 aromatic carbocycles. The second-order valence-corrected chi connectivity index (χ2v) is 8.84. The monoisotopic (exact) mass is 448 g/mol. The Morgan fingerprint density at radius 2 is 1.88 bits per heavy atom. The summed E-state index contributed by atoms with van der Waals surface area (Å²) in [4.78, 5) is 28.9. The van der Waals surface area contributed by atoms with Crippen molar-refractivity contribution >= 4 is 22.6 Å². The average Bonchev–Trinajstić information content (AvgIpc) is 3.27. The molecule has 0 radical (unpaired) electrons. The summed E-state index contributed by atoms with van der Waals surface area (Å²) >= 11 is 0. The van der Waals surface area contributed by atoms with E-state index < -0.39 is 0 Å². The number of pyridine rings is 1. The molecule has 2 N–H and O–H groups in total. The van der Waals surface area contributed by atoms with Crippen LogP contribution in [0.1, 0.15) is 73.5 Å². The minimum atomic E-state index is -0.160. The molecule has 1 saturated carbocycles. The average molecular weight is 449 g/mol. The molecule has 4 rings (SSSR count). The molecule has 3 aromatic rings. The van der Waals surface area contributed by atoms with Crippen LogP contribution in [-0.4, -0.2) is 32.8 Å². The standard InChI is InChI=1S/C25H32N6O2/c1-4-22(17-8-6-16(3)7-9-17)29-25(32)21-14-26-24-20(15-27-31(24)5-2)23(21)28-18-10-12-19(30-33)13-11-18/h6-9,14-15,18-19,22H,4-5,10-13H2,1-3H3,(H,26,28)(H,29,32). The number of fused-ring (bicyclic) bond motifs is 1. The van der Waals surface area contributed by atoms with E-state index in [1.807, 2.05) is 11.6 Å². The van der Waals surface area contributed by atoms with Gasteiger partial charge in [0.15, 0.2) is 5.65 Å². The number of nitrogens with one attached hydrogen (secondary N) is 2. The van der Waals surface area contributed by atoms with Gasteiger partial charge in [-0.3, -0.25) is 4.79 Å². The van der Waals surface area contributed by atoms with Gasteiger partial charge in [-0.2, -0.15) is 10.0 Å². The zero-order valence-corrected chi connectivity index (χ0v) is 19.5. The predicted octanol–water partition coefficient (Wildman–Crippen LogP) is 5.13. The van der Waals surface area contributed by atoms with E-state index >= 15 is 0 Å². The molecule has 1 unspecified atom stereocenters. The van der Waals surface area contributed by atoms with E-state index in [0.29, 0.717) is 12.1 Å². The fourth-order valence-electron chi connectivity index (χ4n) is 4.57. The number of benzene rings is 1. The summed E-state index contributed by atoms with van der Waals surface area (Å²) in [6.45, 7) is 6.83. The number of amides is 1. The highest BCUT2D eigenvalue weighted by atomic mass is 16.3. The highest BCUT2D eigenvalue weighted by Gasteiger charge is 2.26. The van der Waals surface area contributed by atoms with E-state index in [1.165, 1.54) is 5.56 Å². The SMILES string of the molecule is CCC(NC(=O)c1cnc2c(cnn2CC)c1NC1CCC(N=O)CC1)c1ccc(C)cc1. The first-order valence-electron chi connectivity index (χ1n) is 11.8. The molecule has 1 amide bonds. The molecule has 8 heteroatoms. The van der Waals surface area contributed by atoms with Gasteiger partial charge in [-0.25, -0.2) is 9.67 Å². The number of anilines is 1. The van der Waals surface area contributed by atoms with Gasteiger partial charge in [0.1, 0.15) is 0 Å². The fraction of sp³-hybridized carbons (Fsp3) is 0.480. The summed E-state index contributed by atoms with van der Waals surface area (Å²) in [5.74, 6) is -0.160. The van der Waals surface area contributed by atoms with Crippen molar-refractivity contribution in [2.24, 2.45) is 5.18 Å². The minimum absolute atomic E-state index is 0.0888. The molecule has 1 aliphatic carbocycles. The number of hydrogen-bond donors (Lipinski definition) is 2. The van der Waals surface area contributed by atoms with Crippen LogP contribution >= 0.6 is 0 Å². The number of carbonyl (C=O) groups is 1. The summed E-state index contributed by atoms with van der Waals surface area (Å²) in [6, 6.07) is 8.23. The molecule has 174 valence electrons. The van der Waals surface area contributed by atoms with E-state index in [9.17, 15) is 9.70 Å². The molecule has 0 aliphatic heterocycles. The number of aryl methyl sites for hydroxylation is 2. The third-order valence-corrected chi connectivity index (χ3v) is 6.60. The van der Waals surface area contributed by atoms with Gasteiger partial charge < -0.3 is 10.6 Å². The van der Waals surface area contributed by atoms with E-state index in [1.54, 1.807) is 12.4 Å². The van der Waals surface area contributed by atoms with Crippen LogP contribution in [0.15, 0.2) is 41.8 Å². The Labute approximate surface area is 194 Å². The first kappa shape index (κ1) is 22.9. The fourth-order valence-corrected chi connectivity index (χ4v) is 4.57. The van der Waals surface area contributed by atoms with Crippen molar-refractivity contribution in [3.63, 3.8) is 0 Å². The third-order valence-electron chi connectivity index (χ3n) is 6.60. The molecule has 1 aliphatic rings. The van der Waals surface area contributed by atoms with Gasteiger partial charge in [0, 0.05) is 18.8 Å². The Kier molecular flexibility index (Phi) is 7.01. The molecule has 2 heterocycles. The Balaban J connectivity index is 1.64. The summed E-state index contributed by atoms with van der Waals surface area (Å²) < 4.78 is 1.83. The first-order chi connectivity index (χ1) is 16.0. The van der Waals surface area contributed by atoms with Crippen LogP contribution < -0.4 is 10.6 Å². The third kappa shape index (κ3) is 4.89. The highest BCUT2D eigenvalue weighted by Crippen LogP contribution is 2.31. The second kappa shape index (κ2) is 10.1. The van der Waals surface area contributed by atoms with Gasteiger partial charge >= 0.3 is 0 Å². The molecule has 33 heavy (non-hydrogen) atoms. The normalized spacial score (nSPS) is 19.2. The van der Waals surface area contributed by atoms with Gasteiger partial charge in [0.25, 0.3) is 5.91 Å². The van der Waals surface area contributed by atoms with E-state index in [4.69, 9.17) is 0 Å². The molecule has 0 bridgehead atoms. The lowest BCUT2D eigenvalue weighted by atomic mass is 9.91. The lowest BCUT2D eigenvalue weighted by Gasteiger charge is -2.27. The van der Waals surface area contributed by atoms with Gasteiger partial charge in [0.2, 0.25) is 0 Å². The maximum Gasteiger partial charge on any atom is 0.255 e. The number of nitroso groups, excluding NO2 is 1. The number of hydrogen-bond acceptors (Lipinski definition) is 6. The molecule has 1 atom stereocenters. The van der Waals surface area contributed by atoms with Gasteiger partial charge in [0.05, 0.1) is 34.9 Å². The predicted molar refractivity (Wildman–Crippen MR) is 130 cm³/mol. The maximum absolute atomic E-state index is 13.5. The molecule has 1 fully saturated rings. The lowest BCUT2D eigenvalue weighted by molar-refractivity contribution is 0.0936. The first-order valence-corrected chi connectivity index (χ1v) is 11.8. The second-order valence-electron chi connectivity index (χ2n) is 8.84. The van der Waals surface area contributed by atoms with Gasteiger partial charge in [-0.15, -0.1) is 0 Å². The number of nitrogens with zero attached hydrogens (tertiary/aromatic N) is 4. The number of aromatic nitrogens is 3. The topological polar surface area (TPSA) is 101 Å². The Morgan fingerprint density at radius 3 is 2.52 bits per heavy atom. The van der Waals surface area contributed by atoms with E-state index in [0.717, 1.165) is 54.4 Å². The van der Waals surface area contributed by atoms with Crippen molar-refractivity contribution < 1.29 is 4.79 Å².